The summed E-state index contributed by atoms with van der Waals surface area (Å²) in [4.78, 5) is 39.5. The van der Waals surface area contributed by atoms with Crippen molar-refractivity contribution >= 4 is 29.5 Å². The molecule has 0 unspecified atom stereocenters. The standard InChI is InChI=1S/C18H21FN2O4S/c1-21-15(22)12-13(16(21)23)18(8-9-26-3,17(24)25-2)20-14(12)10-4-6-11(19)7-5-10/h4-7,12-14,20H,8-9H2,1-3H3/p+1/t12-,13+,14+,18-/m1/s1. The van der Waals surface area contributed by atoms with E-state index in [1.54, 1.807) is 29.2 Å². The van der Waals surface area contributed by atoms with Crippen LogP contribution >= 0.6 is 11.8 Å². The number of amides is 2. The number of hydrogen-bond donors (Lipinski definition) is 1. The fourth-order valence-corrected chi connectivity index (χ4v) is 4.79. The highest BCUT2D eigenvalue weighted by Crippen LogP contribution is 2.45. The van der Waals surface area contributed by atoms with Crippen molar-refractivity contribution in [2.45, 2.75) is 18.0 Å². The van der Waals surface area contributed by atoms with Gasteiger partial charge in [-0.25, -0.2) is 9.18 Å². The molecule has 2 aliphatic rings. The fraction of sp³-hybridized carbons (Fsp3) is 0.500. The van der Waals surface area contributed by atoms with Crippen LogP contribution in [0.25, 0.3) is 0 Å². The number of thioether (sulfide) groups is 1. The molecule has 0 bridgehead atoms. The van der Waals surface area contributed by atoms with Crippen molar-refractivity contribution < 1.29 is 28.8 Å². The van der Waals surface area contributed by atoms with Crippen LogP contribution in [-0.2, 0) is 19.1 Å². The summed E-state index contributed by atoms with van der Waals surface area (Å²) in [5.41, 5.74) is -0.438. The van der Waals surface area contributed by atoms with Crippen molar-refractivity contribution in [3.63, 3.8) is 0 Å². The molecular formula is C18H22FN2O4S+. The molecule has 0 radical (unpaired) electrons. The molecule has 0 saturated carbocycles. The maximum atomic E-state index is 13.3. The number of halogens is 1. The Morgan fingerprint density at radius 2 is 1.96 bits per heavy atom. The Balaban J connectivity index is 2.11. The predicted molar refractivity (Wildman–Crippen MR) is 93.6 cm³/mol. The number of imide groups is 1. The molecule has 26 heavy (non-hydrogen) atoms. The molecule has 2 heterocycles. The Hall–Kier alpha value is -1.93. The highest BCUT2D eigenvalue weighted by Gasteiger charge is 2.71. The maximum Gasteiger partial charge on any atom is 0.368 e. The van der Waals surface area contributed by atoms with E-state index in [0.717, 1.165) is 4.90 Å². The van der Waals surface area contributed by atoms with Gasteiger partial charge in [0.15, 0.2) is 0 Å². The molecule has 2 aliphatic heterocycles. The lowest BCUT2D eigenvalue weighted by Gasteiger charge is -2.28. The molecule has 8 heteroatoms. The number of quaternary nitrogens is 1. The van der Waals surface area contributed by atoms with Crippen LogP contribution < -0.4 is 5.32 Å². The third kappa shape index (κ3) is 2.72. The summed E-state index contributed by atoms with van der Waals surface area (Å²) in [7, 11) is 2.74. The van der Waals surface area contributed by atoms with Crippen LogP contribution in [0.15, 0.2) is 24.3 Å². The van der Waals surface area contributed by atoms with Gasteiger partial charge in [0, 0.05) is 19.0 Å². The number of ether oxygens (including phenoxy) is 1. The summed E-state index contributed by atoms with van der Waals surface area (Å²) in [5.74, 6) is -2.34. The number of carbonyl (C=O) groups excluding carboxylic acids is 3. The largest absolute Gasteiger partial charge is 0.464 e. The molecule has 2 amide bonds. The molecular weight excluding hydrogens is 359 g/mol. The van der Waals surface area contributed by atoms with Gasteiger partial charge in [0.1, 0.15) is 23.7 Å². The second kappa shape index (κ2) is 7.00. The van der Waals surface area contributed by atoms with Crippen molar-refractivity contribution in [1.82, 2.24) is 4.90 Å². The van der Waals surface area contributed by atoms with Gasteiger partial charge in [-0.1, -0.05) is 12.1 Å². The Morgan fingerprint density at radius 1 is 1.31 bits per heavy atom. The molecule has 2 saturated heterocycles. The first-order valence-electron chi connectivity index (χ1n) is 8.37. The van der Waals surface area contributed by atoms with Gasteiger partial charge < -0.3 is 10.1 Å². The zero-order valence-electron chi connectivity index (χ0n) is 14.9. The molecule has 2 N–H and O–H groups in total. The van der Waals surface area contributed by atoms with Gasteiger partial charge in [-0.3, -0.25) is 14.5 Å². The monoisotopic (exact) mass is 381 g/mol. The summed E-state index contributed by atoms with van der Waals surface area (Å²) in [6.45, 7) is 0. The van der Waals surface area contributed by atoms with Crippen LogP contribution in [0.1, 0.15) is 18.0 Å². The lowest BCUT2D eigenvalue weighted by atomic mass is 9.78. The Bertz CT molecular complexity index is 741. The van der Waals surface area contributed by atoms with Crippen LogP contribution in [0.3, 0.4) is 0 Å². The minimum absolute atomic E-state index is 0.305. The first-order chi connectivity index (χ1) is 12.4. The van der Waals surface area contributed by atoms with Crippen molar-refractivity contribution in [3.05, 3.63) is 35.6 Å². The van der Waals surface area contributed by atoms with Crippen molar-refractivity contribution in [3.8, 4) is 0 Å². The summed E-state index contributed by atoms with van der Waals surface area (Å²) >= 11 is 1.56. The number of esters is 1. The number of fused-ring (bicyclic) bond motifs is 1. The highest BCUT2D eigenvalue weighted by molar-refractivity contribution is 7.98. The summed E-state index contributed by atoms with van der Waals surface area (Å²) in [6, 6.07) is 5.41. The Morgan fingerprint density at radius 3 is 2.54 bits per heavy atom. The number of methoxy groups -OCH3 is 1. The minimum atomic E-state index is -1.15. The summed E-state index contributed by atoms with van der Waals surface area (Å²) in [6.07, 6.45) is 2.33. The average molecular weight is 381 g/mol. The average Bonchev–Trinajstić information content (AvgIpc) is 3.10. The summed E-state index contributed by atoms with van der Waals surface area (Å²) in [5, 5.41) is 1.79. The number of rotatable bonds is 5. The van der Waals surface area contributed by atoms with Crippen molar-refractivity contribution in [2.75, 3.05) is 26.2 Å². The second-order valence-corrected chi connectivity index (χ2v) is 7.74. The number of likely N-dealkylation sites (tertiary alicyclic amines) is 1. The number of nitrogens with two attached hydrogens (primary N) is 1. The normalized spacial score (nSPS) is 30.6. The van der Waals surface area contributed by atoms with E-state index in [1.807, 2.05) is 6.26 Å². The van der Waals surface area contributed by atoms with Gasteiger partial charge in [0.25, 0.3) is 0 Å². The van der Waals surface area contributed by atoms with Gasteiger partial charge in [0.2, 0.25) is 17.4 Å². The summed E-state index contributed by atoms with van der Waals surface area (Å²) < 4.78 is 18.4. The van der Waals surface area contributed by atoms with E-state index in [1.165, 1.54) is 26.3 Å². The van der Waals surface area contributed by atoms with Gasteiger partial charge in [-0.05, 0) is 24.1 Å². The van der Waals surface area contributed by atoms with Gasteiger partial charge in [-0.2, -0.15) is 11.8 Å². The maximum absolute atomic E-state index is 13.3. The molecule has 4 atom stereocenters. The van der Waals surface area contributed by atoms with E-state index < -0.39 is 29.4 Å². The van der Waals surface area contributed by atoms with E-state index in [-0.39, 0.29) is 17.6 Å². The SMILES string of the molecule is COC(=O)[C@]1(CCSC)[NH2+][C@@H](c2ccc(F)cc2)[C@@H]2C(=O)N(C)C(=O)[C@H]21. The molecule has 0 aromatic heterocycles. The third-order valence-electron chi connectivity index (χ3n) is 5.53. The van der Waals surface area contributed by atoms with Crippen LogP contribution in [0, 0.1) is 17.7 Å². The zero-order chi connectivity index (χ0) is 19.1. The van der Waals surface area contributed by atoms with Crippen LogP contribution in [0.2, 0.25) is 0 Å². The highest BCUT2D eigenvalue weighted by atomic mass is 32.2. The topological polar surface area (TPSA) is 80.3 Å². The molecule has 2 fully saturated rings. The van der Waals surface area contributed by atoms with E-state index in [2.05, 4.69) is 0 Å². The van der Waals surface area contributed by atoms with Crippen molar-refractivity contribution in [2.24, 2.45) is 11.8 Å². The lowest BCUT2D eigenvalue weighted by Crippen LogP contribution is -2.98. The zero-order valence-corrected chi connectivity index (χ0v) is 15.7. The smallest absolute Gasteiger partial charge is 0.368 e. The van der Waals surface area contributed by atoms with E-state index >= 15 is 0 Å². The van der Waals surface area contributed by atoms with E-state index in [0.29, 0.717) is 17.7 Å². The molecule has 3 rings (SSSR count). The van der Waals surface area contributed by atoms with Gasteiger partial charge >= 0.3 is 5.97 Å². The number of benzene rings is 1. The Kier molecular flexibility index (Phi) is 5.07. The molecule has 6 nitrogen and oxygen atoms in total. The Labute approximate surface area is 155 Å². The van der Waals surface area contributed by atoms with E-state index in [4.69, 9.17) is 4.74 Å². The first-order valence-corrected chi connectivity index (χ1v) is 9.77. The predicted octanol–water partition coefficient (Wildman–Crippen LogP) is 0.340. The molecule has 0 spiro atoms. The molecule has 0 aliphatic carbocycles. The van der Waals surface area contributed by atoms with Gasteiger partial charge in [-0.15, -0.1) is 0 Å². The molecule has 140 valence electrons. The van der Waals surface area contributed by atoms with Gasteiger partial charge in [0.05, 0.1) is 7.11 Å². The van der Waals surface area contributed by atoms with Crippen molar-refractivity contribution in [1.29, 1.82) is 0 Å². The molecule has 1 aromatic rings. The lowest BCUT2D eigenvalue weighted by molar-refractivity contribution is -0.734. The molecule has 1 aromatic carbocycles. The minimum Gasteiger partial charge on any atom is -0.464 e. The quantitative estimate of drug-likeness (QED) is 0.588. The van der Waals surface area contributed by atoms with Crippen LogP contribution in [-0.4, -0.2) is 54.4 Å². The number of hydrogen-bond acceptors (Lipinski definition) is 5. The third-order valence-corrected chi connectivity index (χ3v) is 6.14. The van der Waals surface area contributed by atoms with Crippen LogP contribution in [0.5, 0.6) is 0 Å². The van der Waals surface area contributed by atoms with Crippen LogP contribution in [0.4, 0.5) is 4.39 Å². The second-order valence-electron chi connectivity index (χ2n) is 6.76. The fourth-order valence-electron chi connectivity index (χ4n) is 4.25. The number of nitrogens with zero attached hydrogens (tertiary/aromatic N) is 1. The number of carbonyl (C=O) groups is 3. The first kappa shape index (κ1) is 18.8. The van der Waals surface area contributed by atoms with E-state index in [9.17, 15) is 18.8 Å².